The summed E-state index contributed by atoms with van der Waals surface area (Å²) in [7, 11) is 0. The number of phenols is 1. The molecule has 1 saturated heterocycles. The molecule has 0 bridgehead atoms. The molecule has 1 aromatic carbocycles. The molecule has 0 saturated carbocycles. The molecule has 2 N–H and O–H groups in total. The lowest BCUT2D eigenvalue weighted by atomic mass is 9.95. The van der Waals surface area contributed by atoms with Gasteiger partial charge in [-0.15, -0.1) is 0 Å². The van der Waals surface area contributed by atoms with Crippen molar-refractivity contribution in [1.82, 2.24) is 0 Å². The highest BCUT2D eigenvalue weighted by Crippen LogP contribution is 2.39. The molecule has 2 atom stereocenters. The average Bonchev–Trinajstić information content (AvgIpc) is 2.93. The zero-order chi connectivity index (χ0) is 15.1. The number of hydrogen-bond donors (Lipinski definition) is 2. The van der Waals surface area contributed by atoms with Gasteiger partial charge in [0.25, 0.3) is 0 Å². The molecule has 0 aromatic heterocycles. The lowest BCUT2D eigenvalue weighted by Crippen LogP contribution is -2.23. The average molecular weight is 290 g/mol. The van der Waals surface area contributed by atoms with Crippen LogP contribution in [0.2, 0.25) is 0 Å². The fourth-order valence-electron chi connectivity index (χ4n) is 2.70. The van der Waals surface area contributed by atoms with E-state index in [4.69, 9.17) is 9.47 Å². The maximum Gasteiger partial charge on any atom is 0.306 e. The van der Waals surface area contributed by atoms with E-state index in [9.17, 15) is 19.8 Å². The van der Waals surface area contributed by atoms with Gasteiger partial charge in [0.2, 0.25) is 5.78 Å². The summed E-state index contributed by atoms with van der Waals surface area (Å²) in [6, 6.07) is 4.50. The van der Waals surface area contributed by atoms with Crippen molar-refractivity contribution in [2.45, 2.75) is 19.4 Å². The highest BCUT2D eigenvalue weighted by molar-refractivity contribution is 6.14. The van der Waals surface area contributed by atoms with Crippen molar-refractivity contribution in [3.63, 3.8) is 0 Å². The summed E-state index contributed by atoms with van der Waals surface area (Å²) >= 11 is 0. The van der Waals surface area contributed by atoms with Crippen LogP contribution < -0.4 is 4.74 Å². The number of allylic oxidation sites excluding steroid dienone is 1. The van der Waals surface area contributed by atoms with Gasteiger partial charge in [0.1, 0.15) is 23.2 Å². The predicted molar refractivity (Wildman–Crippen MR) is 70.8 cm³/mol. The Morgan fingerprint density at radius 2 is 2.14 bits per heavy atom. The van der Waals surface area contributed by atoms with Crippen LogP contribution in [0.25, 0.3) is 0 Å². The summed E-state index contributed by atoms with van der Waals surface area (Å²) in [5, 5.41) is 19.3. The Morgan fingerprint density at radius 3 is 2.71 bits per heavy atom. The molecule has 0 spiro atoms. The molecule has 0 aliphatic carbocycles. The number of carbonyl (C=O) groups excluding carboxylic acids is 2. The van der Waals surface area contributed by atoms with Gasteiger partial charge in [-0.3, -0.25) is 9.59 Å². The lowest BCUT2D eigenvalue weighted by Gasteiger charge is -2.17. The van der Waals surface area contributed by atoms with E-state index in [1.165, 1.54) is 6.07 Å². The number of phenolic OH excluding ortho intramolecular Hbond substituents is 1. The molecule has 0 amide bonds. The third-order valence-electron chi connectivity index (χ3n) is 3.72. The van der Waals surface area contributed by atoms with Gasteiger partial charge >= 0.3 is 5.97 Å². The van der Waals surface area contributed by atoms with Gasteiger partial charge in [0, 0.05) is 11.5 Å². The number of ketones is 1. The van der Waals surface area contributed by atoms with E-state index in [-0.39, 0.29) is 46.7 Å². The van der Waals surface area contributed by atoms with Crippen LogP contribution in [-0.2, 0) is 9.53 Å². The van der Waals surface area contributed by atoms with Crippen LogP contribution in [0.5, 0.6) is 11.5 Å². The molecule has 21 heavy (non-hydrogen) atoms. The number of fused-ring (bicyclic) bond motifs is 1. The monoisotopic (exact) mass is 290 g/mol. The van der Waals surface area contributed by atoms with E-state index in [1.54, 1.807) is 19.1 Å². The van der Waals surface area contributed by atoms with Crippen LogP contribution in [0.1, 0.15) is 23.7 Å². The summed E-state index contributed by atoms with van der Waals surface area (Å²) in [6.07, 6.45) is -0.452. The van der Waals surface area contributed by atoms with Crippen molar-refractivity contribution in [1.29, 1.82) is 0 Å². The minimum Gasteiger partial charge on any atom is -0.507 e. The Bertz CT molecular complexity index is 660. The van der Waals surface area contributed by atoms with E-state index >= 15 is 0 Å². The largest absolute Gasteiger partial charge is 0.507 e. The first-order valence-corrected chi connectivity index (χ1v) is 6.60. The van der Waals surface area contributed by atoms with Gasteiger partial charge in [-0.05, 0) is 12.1 Å². The smallest absolute Gasteiger partial charge is 0.306 e. The summed E-state index contributed by atoms with van der Waals surface area (Å²) < 4.78 is 10.6. The molecule has 1 fully saturated rings. The second-order valence-corrected chi connectivity index (χ2v) is 5.19. The number of cyclic esters (lactones) is 1. The van der Waals surface area contributed by atoms with Gasteiger partial charge in [-0.2, -0.15) is 0 Å². The van der Waals surface area contributed by atoms with E-state index < -0.39 is 18.5 Å². The minimum absolute atomic E-state index is 0.0652. The van der Waals surface area contributed by atoms with E-state index in [2.05, 4.69) is 0 Å². The standard InChI is InChI=1S/C15H14O6/c1-7-5-11(18)21-14(7)8(6-16)15-13(19)12-9(17)3-2-4-10(12)20-15/h2-4,7,14,16-17H,5-6H2,1H3/b15-8-/t7-,14-/m1/s1. The number of rotatable bonds is 2. The number of aromatic hydroxyl groups is 1. The first-order chi connectivity index (χ1) is 10.0. The fraction of sp³-hybridized carbons (Fsp3) is 0.333. The SMILES string of the molecule is C[C@@H]1CC(=O)O[C@H]1/C(CO)=C1\Oc2cccc(O)c2C1=O. The van der Waals surface area contributed by atoms with Crippen molar-refractivity contribution in [3.05, 3.63) is 35.1 Å². The zero-order valence-electron chi connectivity index (χ0n) is 11.3. The molecule has 1 aromatic rings. The number of ether oxygens (including phenoxy) is 2. The number of aliphatic hydroxyl groups excluding tert-OH is 1. The fourth-order valence-corrected chi connectivity index (χ4v) is 2.70. The van der Waals surface area contributed by atoms with Gasteiger partial charge in [-0.1, -0.05) is 13.0 Å². The summed E-state index contributed by atoms with van der Waals surface area (Å²) in [4.78, 5) is 23.7. The number of esters is 1. The van der Waals surface area contributed by atoms with Crippen LogP contribution >= 0.6 is 0 Å². The summed E-state index contributed by atoms with van der Waals surface area (Å²) in [6.45, 7) is 1.34. The van der Waals surface area contributed by atoms with Gasteiger partial charge in [0.05, 0.1) is 13.0 Å². The molecule has 3 rings (SSSR count). The van der Waals surface area contributed by atoms with Crippen LogP contribution in [0.4, 0.5) is 0 Å². The first kappa shape index (κ1) is 13.6. The zero-order valence-corrected chi connectivity index (χ0v) is 11.3. The van der Waals surface area contributed by atoms with Crippen molar-refractivity contribution in [3.8, 4) is 11.5 Å². The number of Topliss-reactive ketones (excluding diaryl/α,β-unsaturated/α-hetero) is 1. The highest BCUT2D eigenvalue weighted by Gasteiger charge is 2.40. The number of hydrogen-bond acceptors (Lipinski definition) is 6. The van der Waals surface area contributed by atoms with Gasteiger partial charge in [-0.25, -0.2) is 0 Å². The van der Waals surface area contributed by atoms with Crippen molar-refractivity contribution in [2.24, 2.45) is 5.92 Å². The molecular formula is C15H14O6. The topological polar surface area (TPSA) is 93.1 Å². The second-order valence-electron chi connectivity index (χ2n) is 5.19. The maximum absolute atomic E-state index is 12.4. The molecule has 110 valence electrons. The molecular weight excluding hydrogens is 276 g/mol. The first-order valence-electron chi connectivity index (χ1n) is 6.60. The van der Waals surface area contributed by atoms with Crippen molar-refractivity contribution in [2.75, 3.05) is 6.61 Å². The Labute approximate surface area is 120 Å². The Morgan fingerprint density at radius 1 is 1.38 bits per heavy atom. The molecule has 2 heterocycles. The Balaban J connectivity index is 2.05. The van der Waals surface area contributed by atoms with Crippen LogP contribution in [0.15, 0.2) is 29.5 Å². The molecule has 0 radical (unpaired) electrons. The van der Waals surface area contributed by atoms with Crippen LogP contribution in [0, 0.1) is 5.92 Å². The molecule has 2 aliphatic heterocycles. The molecule has 0 unspecified atom stereocenters. The Hall–Kier alpha value is -2.34. The Kier molecular flexibility index (Phi) is 3.17. The van der Waals surface area contributed by atoms with Crippen molar-refractivity contribution >= 4 is 11.8 Å². The van der Waals surface area contributed by atoms with Crippen LogP contribution in [-0.4, -0.2) is 34.7 Å². The summed E-state index contributed by atoms with van der Waals surface area (Å²) in [5.41, 5.74) is 0.296. The van der Waals surface area contributed by atoms with Crippen LogP contribution in [0.3, 0.4) is 0 Å². The third kappa shape index (κ3) is 2.08. The van der Waals surface area contributed by atoms with Gasteiger partial charge < -0.3 is 19.7 Å². The number of carbonyl (C=O) groups is 2. The van der Waals surface area contributed by atoms with Crippen molar-refractivity contribution < 1.29 is 29.3 Å². The number of aliphatic hydroxyl groups is 1. The normalized spacial score (nSPS) is 26.4. The van der Waals surface area contributed by atoms with Gasteiger partial charge in [0.15, 0.2) is 5.76 Å². The highest BCUT2D eigenvalue weighted by atomic mass is 16.6. The molecule has 6 heteroatoms. The number of benzene rings is 1. The summed E-state index contributed by atoms with van der Waals surface area (Å²) in [5.74, 6) is -1.05. The van der Waals surface area contributed by atoms with E-state index in [0.29, 0.717) is 0 Å². The minimum atomic E-state index is -0.682. The lowest BCUT2D eigenvalue weighted by molar-refractivity contribution is -0.140. The molecule has 6 nitrogen and oxygen atoms in total. The third-order valence-corrected chi connectivity index (χ3v) is 3.72. The maximum atomic E-state index is 12.4. The predicted octanol–water partition coefficient (Wildman–Crippen LogP) is 1.17. The quantitative estimate of drug-likeness (QED) is 0.627. The second kappa shape index (κ2) is 4.89. The van der Waals surface area contributed by atoms with E-state index in [0.717, 1.165) is 0 Å². The van der Waals surface area contributed by atoms with E-state index in [1.807, 2.05) is 0 Å². The molecule has 2 aliphatic rings.